The number of nitrogens with zero attached hydrogens (tertiary/aromatic N) is 3. The number of nitrogen functional groups attached to an aromatic ring is 1. The van der Waals surface area contributed by atoms with Gasteiger partial charge in [-0.15, -0.1) is 0 Å². The van der Waals surface area contributed by atoms with Crippen LogP contribution in [0, 0.1) is 0 Å². The first-order valence-corrected chi connectivity index (χ1v) is 6.47. The number of rotatable bonds is 2. The smallest absolute Gasteiger partial charge is 0.253 e. The van der Waals surface area contributed by atoms with Gasteiger partial charge in [0.2, 0.25) is 0 Å². The van der Waals surface area contributed by atoms with E-state index in [1.165, 1.54) is 6.33 Å². The Morgan fingerprint density at radius 3 is 2.57 bits per heavy atom. The van der Waals surface area contributed by atoms with Crippen LogP contribution in [0.15, 0.2) is 36.8 Å². The molecule has 0 saturated carbocycles. The van der Waals surface area contributed by atoms with Crippen molar-refractivity contribution in [2.75, 3.05) is 19.8 Å². The van der Waals surface area contributed by atoms with Crippen LogP contribution in [-0.2, 0) is 0 Å². The van der Waals surface area contributed by atoms with E-state index in [0.717, 1.165) is 16.5 Å². The number of hydrogen-bond donors (Lipinski definition) is 2. The molecular formula is C15H15N5O. The van der Waals surface area contributed by atoms with Crippen LogP contribution >= 0.6 is 0 Å². The highest BCUT2D eigenvalue weighted by Gasteiger charge is 2.12. The van der Waals surface area contributed by atoms with Crippen LogP contribution in [0.4, 0.5) is 5.82 Å². The van der Waals surface area contributed by atoms with Crippen LogP contribution in [0.2, 0.25) is 0 Å². The Hall–Kier alpha value is -2.89. The largest absolute Gasteiger partial charge is 0.383 e. The number of fused-ring (bicyclic) bond motifs is 1. The number of amides is 1. The maximum Gasteiger partial charge on any atom is 0.253 e. The Morgan fingerprint density at radius 2 is 1.90 bits per heavy atom. The monoisotopic (exact) mass is 281 g/mol. The third-order valence-electron chi connectivity index (χ3n) is 3.35. The molecule has 3 rings (SSSR count). The van der Waals surface area contributed by atoms with E-state index in [1.807, 2.05) is 18.3 Å². The molecule has 2 aromatic heterocycles. The molecule has 0 radical (unpaired) electrons. The summed E-state index contributed by atoms with van der Waals surface area (Å²) in [5.74, 6) is 0.410. The van der Waals surface area contributed by atoms with Gasteiger partial charge >= 0.3 is 0 Å². The molecule has 3 N–H and O–H groups in total. The molecule has 0 atom stereocenters. The standard InChI is InChI=1S/C15H15N5O/c1-20(2)15(21)10-5-3-9(4-6-10)11-7-17-14-12(11)13(16)18-8-19-14/h3-8H,1-2H3,(H3,16,17,18,19). The van der Waals surface area contributed by atoms with Gasteiger partial charge in [-0.2, -0.15) is 0 Å². The summed E-state index contributed by atoms with van der Waals surface area (Å²) >= 11 is 0. The van der Waals surface area contributed by atoms with Crippen molar-refractivity contribution in [2.24, 2.45) is 0 Å². The SMILES string of the molecule is CN(C)C(=O)c1ccc(-c2c[nH]c3ncnc(N)c23)cc1. The van der Waals surface area contributed by atoms with Crippen LogP contribution < -0.4 is 5.73 Å². The molecule has 2 heterocycles. The molecule has 0 aliphatic carbocycles. The van der Waals surface area contributed by atoms with Gasteiger partial charge in [0, 0.05) is 31.4 Å². The summed E-state index contributed by atoms with van der Waals surface area (Å²) in [6, 6.07) is 7.39. The summed E-state index contributed by atoms with van der Waals surface area (Å²) in [6.45, 7) is 0. The van der Waals surface area contributed by atoms with Crippen LogP contribution in [-0.4, -0.2) is 39.9 Å². The molecule has 21 heavy (non-hydrogen) atoms. The normalized spacial score (nSPS) is 10.8. The molecule has 0 aliphatic heterocycles. The molecule has 0 saturated heterocycles. The third-order valence-corrected chi connectivity index (χ3v) is 3.35. The molecular weight excluding hydrogens is 266 g/mol. The number of aromatic amines is 1. The molecule has 106 valence electrons. The van der Waals surface area contributed by atoms with Gasteiger partial charge in [0.05, 0.1) is 5.39 Å². The number of benzene rings is 1. The van der Waals surface area contributed by atoms with Gasteiger partial charge in [-0.05, 0) is 17.7 Å². The minimum Gasteiger partial charge on any atom is -0.383 e. The van der Waals surface area contributed by atoms with E-state index in [2.05, 4.69) is 15.0 Å². The molecule has 0 fully saturated rings. The maximum atomic E-state index is 11.9. The zero-order valence-corrected chi connectivity index (χ0v) is 11.8. The van der Waals surface area contributed by atoms with Crippen LogP contribution in [0.3, 0.4) is 0 Å². The number of anilines is 1. The highest BCUT2D eigenvalue weighted by atomic mass is 16.2. The number of carbonyl (C=O) groups is 1. The zero-order chi connectivity index (χ0) is 15.0. The van der Waals surface area contributed by atoms with Crippen molar-refractivity contribution < 1.29 is 4.79 Å². The fraction of sp³-hybridized carbons (Fsp3) is 0.133. The van der Waals surface area contributed by atoms with Crippen molar-refractivity contribution in [3.8, 4) is 11.1 Å². The van der Waals surface area contributed by atoms with Gasteiger partial charge in [0.1, 0.15) is 17.8 Å². The van der Waals surface area contributed by atoms with Crippen molar-refractivity contribution in [1.82, 2.24) is 19.9 Å². The lowest BCUT2D eigenvalue weighted by atomic mass is 10.0. The molecule has 3 aromatic rings. The summed E-state index contributed by atoms with van der Waals surface area (Å²) in [5, 5.41) is 0.796. The van der Waals surface area contributed by atoms with Gasteiger partial charge in [-0.3, -0.25) is 4.79 Å². The van der Waals surface area contributed by atoms with Crippen LogP contribution in [0.5, 0.6) is 0 Å². The van der Waals surface area contributed by atoms with Crippen molar-refractivity contribution in [2.45, 2.75) is 0 Å². The minimum absolute atomic E-state index is 0.0247. The van der Waals surface area contributed by atoms with E-state index in [0.29, 0.717) is 17.0 Å². The predicted molar refractivity (Wildman–Crippen MR) is 81.8 cm³/mol. The van der Waals surface area contributed by atoms with Gasteiger partial charge in [0.15, 0.2) is 0 Å². The lowest BCUT2D eigenvalue weighted by Gasteiger charge is -2.10. The van der Waals surface area contributed by atoms with E-state index < -0.39 is 0 Å². The van der Waals surface area contributed by atoms with Gasteiger partial charge in [-0.25, -0.2) is 9.97 Å². The molecule has 1 aromatic carbocycles. The first-order valence-electron chi connectivity index (χ1n) is 6.47. The summed E-state index contributed by atoms with van der Waals surface area (Å²) < 4.78 is 0. The maximum absolute atomic E-state index is 11.9. The second-order valence-electron chi connectivity index (χ2n) is 4.96. The number of H-pyrrole nitrogens is 1. The molecule has 0 bridgehead atoms. The van der Waals surface area contributed by atoms with Crippen molar-refractivity contribution in [1.29, 1.82) is 0 Å². The first-order chi connectivity index (χ1) is 10.1. The molecule has 6 heteroatoms. The fourth-order valence-electron chi connectivity index (χ4n) is 2.27. The number of nitrogens with one attached hydrogen (secondary N) is 1. The van der Waals surface area contributed by atoms with Crippen LogP contribution in [0.1, 0.15) is 10.4 Å². The topological polar surface area (TPSA) is 87.9 Å². The summed E-state index contributed by atoms with van der Waals surface area (Å²) in [7, 11) is 3.46. The van der Waals surface area contributed by atoms with Gasteiger partial charge in [-0.1, -0.05) is 12.1 Å². The van der Waals surface area contributed by atoms with Crippen molar-refractivity contribution in [3.63, 3.8) is 0 Å². The van der Waals surface area contributed by atoms with Gasteiger partial charge < -0.3 is 15.6 Å². The highest BCUT2D eigenvalue weighted by Crippen LogP contribution is 2.30. The van der Waals surface area contributed by atoms with Crippen molar-refractivity contribution in [3.05, 3.63) is 42.4 Å². The Labute approximate surface area is 121 Å². The summed E-state index contributed by atoms with van der Waals surface area (Å²) in [4.78, 5) is 24.7. The first kappa shape index (κ1) is 13.1. The zero-order valence-electron chi connectivity index (χ0n) is 11.8. The molecule has 0 spiro atoms. The Morgan fingerprint density at radius 1 is 1.19 bits per heavy atom. The average molecular weight is 281 g/mol. The average Bonchev–Trinajstić information content (AvgIpc) is 2.92. The van der Waals surface area contributed by atoms with E-state index in [-0.39, 0.29) is 5.91 Å². The molecule has 1 amide bonds. The second-order valence-corrected chi connectivity index (χ2v) is 4.96. The minimum atomic E-state index is -0.0247. The number of nitrogens with two attached hydrogens (primary N) is 1. The van der Waals surface area contributed by atoms with Gasteiger partial charge in [0.25, 0.3) is 5.91 Å². The van der Waals surface area contributed by atoms with E-state index in [1.54, 1.807) is 31.1 Å². The Bertz CT molecular complexity index is 805. The van der Waals surface area contributed by atoms with E-state index >= 15 is 0 Å². The second kappa shape index (κ2) is 4.90. The number of carbonyl (C=O) groups excluding carboxylic acids is 1. The quantitative estimate of drug-likeness (QED) is 0.751. The van der Waals surface area contributed by atoms with E-state index in [9.17, 15) is 4.79 Å². The van der Waals surface area contributed by atoms with Crippen molar-refractivity contribution >= 4 is 22.8 Å². The Balaban J connectivity index is 2.06. The molecule has 0 unspecified atom stereocenters. The summed E-state index contributed by atoms with van der Waals surface area (Å²) in [5.41, 5.74) is 9.15. The van der Waals surface area contributed by atoms with E-state index in [4.69, 9.17) is 5.73 Å². The van der Waals surface area contributed by atoms with Crippen LogP contribution in [0.25, 0.3) is 22.2 Å². The third kappa shape index (κ3) is 2.20. The predicted octanol–water partition coefficient (Wildman–Crippen LogP) is 1.91. The highest BCUT2D eigenvalue weighted by molar-refractivity contribution is 6.01. The lowest BCUT2D eigenvalue weighted by molar-refractivity contribution is 0.0827. The lowest BCUT2D eigenvalue weighted by Crippen LogP contribution is -2.21. The molecule has 0 aliphatic rings. The Kier molecular flexibility index (Phi) is 3.06. The fourth-order valence-corrected chi connectivity index (χ4v) is 2.27. The number of aromatic nitrogens is 3. The molecule has 6 nitrogen and oxygen atoms in total. The number of hydrogen-bond acceptors (Lipinski definition) is 4. The summed E-state index contributed by atoms with van der Waals surface area (Å²) in [6.07, 6.45) is 3.27.